The van der Waals surface area contributed by atoms with Crippen molar-refractivity contribution in [2.24, 2.45) is 0 Å². The van der Waals surface area contributed by atoms with Crippen LogP contribution in [0, 0.1) is 6.92 Å². The molecule has 34 heavy (non-hydrogen) atoms. The van der Waals surface area contributed by atoms with E-state index < -0.39 is 11.7 Å². The van der Waals surface area contributed by atoms with E-state index in [1.165, 1.54) is 0 Å². The number of halogens is 5. The first-order valence-corrected chi connectivity index (χ1v) is 10.4. The van der Waals surface area contributed by atoms with E-state index in [9.17, 15) is 13.2 Å². The number of tetrazole rings is 1. The number of aromatic nitrogens is 4. The minimum atomic E-state index is -4.34. The minimum absolute atomic E-state index is 0. The van der Waals surface area contributed by atoms with E-state index in [1.807, 2.05) is 25.1 Å². The van der Waals surface area contributed by atoms with Crippen LogP contribution in [-0.4, -0.2) is 39.9 Å². The van der Waals surface area contributed by atoms with Crippen molar-refractivity contribution in [3.63, 3.8) is 0 Å². The second-order valence-corrected chi connectivity index (χ2v) is 7.82. The first kappa shape index (κ1) is 27.8. The van der Waals surface area contributed by atoms with Crippen LogP contribution in [0.2, 0.25) is 0 Å². The molecule has 12 heteroatoms. The quantitative estimate of drug-likeness (QED) is 0.502. The summed E-state index contributed by atoms with van der Waals surface area (Å²) in [4.78, 5) is 0. The Bertz CT molecular complexity index is 1060. The number of aryl methyl sites for hydroxylation is 1. The van der Waals surface area contributed by atoms with Gasteiger partial charge in [-0.15, -0.1) is 29.9 Å². The molecule has 3 aromatic rings. The highest BCUT2D eigenvalue weighted by Crippen LogP contribution is 2.32. The Morgan fingerprint density at radius 1 is 1.15 bits per heavy atom. The molecule has 7 nitrogen and oxygen atoms in total. The van der Waals surface area contributed by atoms with E-state index in [0.29, 0.717) is 12.4 Å². The zero-order valence-electron chi connectivity index (χ0n) is 18.7. The van der Waals surface area contributed by atoms with Crippen LogP contribution in [0.1, 0.15) is 41.4 Å². The molecule has 0 saturated carbocycles. The van der Waals surface area contributed by atoms with Crippen molar-refractivity contribution in [1.29, 1.82) is 0 Å². The SMILES string of the molecule is COc1ccc(-n2nnnc2C)cc1CN[C@H]1CCCN[C@H]1c1ccc(C(F)(F)F)cc1.Cl.Cl. The largest absolute Gasteiger partial charge is 0.496 e. The Morgan fingerprint density at radius 2 is 1.88 bits per heavy atom. The van der Waals surface area contributed by atoms with Crippen LogP contribution in [0.15, 0.2) is 42.5 Å². The number of alkyl halides is 3. The van der Waals surface area contributed by atoms with Crippen LogP contribution >= 0.6 is 24.8 Å². The minimum Gasteiger partial charge on any atom is -0.496 e. The molecule has 0 spiro atoms. The van der Waals surface area contributed by atoms with Gasteiger partial charge in [0, 0.05) is 24.2 Å². The van der Waals surface area contributed by atoms with Crippen LogP contribution in [-0.2, 0) is 12.7 Å². The van der Waals surface area contributed by atoms with Gasteiger partial charge < -0.3 is 15.4 Å². The average Bonchev–Trinajstić information content (AvgIpc) is 3.23. The summed E-state index contributed by atoms with van der Waals surface area (Å²) in [6, 6.07) is 11.1. The van der Waals surface area contributed by atoms with Gasteiger partial charge in [0.15, 0.2) is 5.82 Å². The molecule has 0 radical (unpaired) electrons. The highest BCUT2D eigenvalue weighted by molar-refractivity contribution is 5.85. The average molecular weight is 519 g/mol. The molecule has 2 atom stereocenters. The lowest BCUT2D eigenvalue weighted by Crippen LogP contribution is -2.45. The van der Waals surface area contributed by atoms with Gasteiger partial charge in [-0.3, -0.25) is 0 Å². The first-order chi connectivity index (χ1) is 15.4. The maximum atomic E-state index is 12.9. The number of nitrogens with zero attached hydrogens (tertiary/aromatic N) is 4. The van der Waals surface area contributed by atoms with E-state index in [2.05, 4.69) is 26.2 Å². The van der Waals surface area contributed by atoms with Gasteiger partial charge in [0.05, 0.1) is 18.4 Å². The molecular weight excluding hydrogens is 492 g/mol. The van der Waals surface area contributed by atoms with E-state index in [1.54, 1.807) is 23.9 Å². The van der Waals surface area contributed by atoms with Gasteiger partial charge >= 0.3 is 6.18 Å². The molecule has 1 aliphatic heterocycles. The number of hydrogen-bond acceptors (Lipinski definition) is 6. The molecular formula is C22H27Cl2F3N6O. The summed E-state index contributed by atoms with van der Waals surface area (Å²) < 4.78 is 45.9. The topological polar surface area (TPSA) is 76.9 Å². The molecule has 0 amide bonds. The fraction of sp³-hybridized carbons (Fsp3) is 0.409. The predicted octanol–water partition coefficient (Wildman–Crippen LogP) is 4.42. The number of rotatable bonds is 6. The Kier molecular flexibility index (Phi) is 9.69. The molecule has 0 bridgehead atoms. The first-order valence-electron chi connectivity index (χ1n) is 10.4. The summed E-state index contributed by atoms with van der Waals surface area (Å²) in [6.45, 7) is 3.17. The summed E-state index contributed by atoms with van der Waals surface area (Å²) in [6.07, 6.45) is -2.45. The molecule has 0 unspecified atom stereocenters. The van der Waals surface area contributed by atoms with Crippen molar-refractivity contribution in [1.82, 2.24) is 30.8 Å². The lowest BCUT2D eigenvalue weighted by Gasteiger charge is -2.34. The number of benzene rings is 2. The number of piperidine rings is 1. The van der Waals surface area contributed by atoms with Crippen molar-refractivity contribution >= 4 is 24.8 Å². The second-order valence-electron chi connectivity index (χ2n) is 7.82. The molecule has 0 aliphatic carbocycles. The molecule has 2 heterocycles. The third-order valence-corrected chi connectivity index (χ3v) is 5.74. The molecule has 1 aliphatic rings. The van der Waals surface area contributed by atoms with E-state index in [4.69, 9.17) is 4.74 Å². The number of ether oxygens (including phenoxy) is 1. The molecule has 1 fully saturated rings. The zero-order chi connectivity index (χ0) is 22.7. The fourth-order valence-electron chi connectivity index (χ4n) is 4.08. The van der Waals surface area contributed by atoms with E-state index >= 15 is 0 Å². The number of nitrogens with one attached hydrogen (secondary N) is 2. The Labute approximate surface area is 208 Å². The standard InChI is InChI=1S/C22H25F3N6O.2ClH/c1-14-28-29-30-31(14)18-9-10-20(32-2)16(12-18)13-27-19-4-3-11-26-21(19)15-5-7-17(8-6-15)22(23,24)25;;/h5-10,12,19,21,26-27H,3-4,11,13H2,1-2H3;2*1H/t19-,21-;;/m0../s1. The highest BCUT2D eigenvalue weighted by atomic mass is 35.5. The molecule has 1 aromatic heterocycles. The lowest BCUT2D eigenvalue weighted by molar-refractivity contribution is -0.137. The van der Waals surface area contributed by atoms with Crippen molar-refractivity contribution in [2.45, 2.75) is 44.6 Å². The predicted molar refractivity (Wildman–Crippen MR) is 127 cm³/mol. The van der Waals surface area contributed by atoms with Gasteiger partial charge in [-0.2, -0.15) is 17.9 Å². The maximum Gasteiger partial charge on any atom is 0.416 e. The number of hydrogen-bond donors (Lipinski definition) is 2. The molecule has 186 valence electrons. The van der Waals surface area contributed by atoms with Crippen molar-refractivity contribution in [3.8, 4) is 11.4 Å². The number of methoxy groups -OCH3 is 1. The third kappa shape index (κ3) is 6.18. The molecule has 2 N–H and O–H groups in total. The monoisotopic (exact) mass is 518 g/mol. The van der Waals surface area contributed by atoms with Crippen LogP contribution < -0.4 is 15.4 Å². The second kappa shape index (κ2) is 11.8. The Hall–Kier alpha value is -2.40. The third-order valence-electron chi connectivity index (χ3n) is 5.74. The zero-order valence-corrected chi connectivity index (χ0v) is 20.3. The van der Waals surface area contributed by atoms with Gasteiger partial charge in [0.1, 0.15) is 5.75 Å². The summed E-state index contributed by atoms with van der Waals surface area (Å²) in [5, 5.41) is 18.6. The summed E-state index contributed by atoms with van der Waals surface area (Å²) in [5.74, 6) is 1.41. The van der Waals surface area contributed by atoms with E-state index in [-0.39, 0.29) is 36.9 Å². The van der Waals surface area contributed by atoms with Crippen LogP contribution in [0.3, 0.4) is 0 Å². The van der Waals surface area contributed by atoms with Crippen LogP contribution in [0.5, 0.6) is 5.75 Å². The maximum absolute atomic E-state index is 12.9. The van der Waals surface area contributed by atoms with Gasteiger partial charge in [0.2, 0.25) is 0 Å². The van der Waals surface area contributed by atoms with Gasteiger partial charge in [0.25, 0.3) is 0 Å². The lowest BCUT2D eigenvalue weighted by atomic mass is 9.91. The Balaban J connectivity index is 0.00000204. The summed E-state index contributed by atoms with van der Waals surface area (Å²) in [5.41, 5.74) is 1.96. The normalized spacial score (nSPS) is 18.0. The van der Waals surface area contributed by atoms with Crippen molar-refractivity contribution in [2.75, 3.05) is 13.7 Å². The van der Waals surface area contributed by atoms with Gasteiger partial charge in [-0.25, -0.2) is 0 Å². The highest BCUT2D eigenvalue weighted by Gasteiger charge is 2.31. The van der Waals surface area contributed by atoms with Crippen LogP contribution in [0.4, 0.5) is 13.2 Å². The van der Waals surface area contributed by atoms with Gasteiger partial charge in [-0.1, -0.05) is 12.1 Å². The van der Waals surface area contributed by atoms with Gasteiger partial charge in [-0.05, 0) is 72.6 Å². The summed E-state index contributed by atoms with van der Waals surface area (Å²) in [7, 11) is 1.62. The fourth-order valence-corrected chi connectivity index (χ4v) is 4.08. The molecule has 1 saturated heterocycles. The molecule has 2 aromatic carbocycles. The Morgan fingerprint density at radius 3 is 2.50 bits per heavy atom. The smallest absolute Gasteiger partial charge is 0.416 e. The molecule has 4 rings (SSSR count). The van der Waals surface area contributed by atoms with Crippen molar-refractivity contribution in [3.05, 3.63) is 65.0 Å². The van der Waals surface area contributed by atoms with E-state index in [0.717, 1.165) is 54.1 Å². The van der Waals surface area contributed by atoms with Crippen LogP contribution in [0.25, 0.3) is 5.69 Å². The van der Waals surface area contributed by atoms with Crippen molar-refractivity contribution < 1.29 is 17.9 Å². The summed E-state index contributed by atoms with van der Waals surface area (Å²) >= 11 is 0.